The minimum Gasteiger partial charge on any atom is -0.507 e. The van der Waals surface area contributed by atoms with E-state index in [1.165, 1.54) is 12.1 Å². The molecule has 5 heteroatoms. The summed E-state index contributed by atoms with van der Waals surface area (Å²) in [5, 5.41) is 9.50. The highest BCUT2D eigenvalue weighted by Gasteiger charge is 2.12. The summed E-state index contributed by atoms with van der Waals surface area (Å²) in [5.74, 6) is -0.0729. The first kappa shape index (κ1) is 13.6. The number of ether oxygens (including phenoxy) is 1. The second-order valence-corrected chi connectivity index (χ2v) is 4.04. The summed E-state index contributed by atoms with van der Waals surface area (Å²) in [4.78, 5) is 11.6. The number of rotatable bonds is 6. The highest BCUT2D eigenvalue weighted by atomic mass is 35.5. The Kier molecular flexibility index (Phi) is 5.63. The van der Waals surface area contributed by atoms with Crippen molar-refractivity contribution in [1.82, 2.24) is 0 Å². The number of alkyl halides is 1. The van der Waals surface area contributed by atoms with E-state index in [0.29, 0.717) is 18.2 Å². The number of hydrogen-bond acceptors (Lipinski definition) is 4. The number of phenols is 1. The van der Waals surface area contributed by atoms with E-state index in [2.05, 4.69) is 0 Å². The van der Waals surface area contributed by atoms with E-state index < -0.39 is 5.97 Å². The van der Waals surface area contributed by atoms with Crippen molar-refractivity contribution in [2.75, 3.05) is 18.2 Å². The molecule has 94 valence electrons. The zero-order chi connectivity index (χ0) is 12.7. The molecule has 0 aliphatic heterocycles. The molecule has 1 aromatic rings. The average molecular weight is 258 g/mol. The molecule has 1 aromatic carbocycles. The number of benzene rings is 1. The van der Waals surface area contributed by atoms with E-state index in [1.807, 2.05) is 0 Å². The normalized spacial score (nSPS) is 10.2. The van der Waals surface area contributed by atoms with Crippen molar-refractivity contribution in [3.05, 3.63) is 23.8 Å². The Balaban J connectivity index is 2.42. The average Bonchev–Trinajstić information content (AvgIpc) is 2.28. The molecule has 0 heterocycles. The Morgan fingerprint density at radius 3 is 2.76 bits per heavy atom. The van der Waals surface area contributed by atoms with Gasteiger partial charge in [0.1, 0.15) is 11.3 Å². The monoisotopic (exact) mass is 257 g/mol. The Bertz CT molecular complexity index is 382. The largest absolute Gasteiger partial charge is 0.507 e. The van der Waals surface area contributed by atoms with Crippen molar-refractivity contribution < 1.29 is 14.6 Å². The minimum atomic E-state index is -0.534. The van der Waals surface area contributed by atoms with Gasteiger partial charge in [0.15, 0.2) is 0 Å². The molecule has 0 saturated carbocycles. The lowest BCUT2D eigenvalue weighted by molar-refractivity contribution is 0.0495. The number of carbonyl (C=O) groups is 1. The summed E-state index contributed by atoms with van der Waals surface area (Å²) >= 11 is 5.52. The van der Waals surface area contributed by atoms with Crippen LogP contribution in [0.3, 0.4) is 0 Å². The third-order valence-corrected chi connectivity index (χ3v) is 2.52. The zero-order valence-corrected chi connectivity index (χ0v) is 10.2. The van der Waals surface area contributed by atoms with Crippen LogP contribution in [-0.4, -0.2) is 23.6 Å². The highest BCUT2D eigenvalue weighted by Crippen LogP contribution is 2.20. The van der Waals surface area contributed by atoms with Crippen LogP contribution in [0.25, 0.3) is 0 Å². The number of nitrogen functional groups attached to an aromatic ring is 1. The van der Waals surface area contributed by atoms with Gasteiger partial charge in [0.05, 0.1) is 6.61 Å². The van der Waals surface area contributed by atoms with Crippen molar-refractivity contribution in [2.24, 2.45) is 0 Å². The lowest BCUT2D eigenvalue weighted by atomic mass is 10.2. The maximum Gasteiger partial charge on any atom is 0.341 e. The van der Waals surface area contributed by atoms with Crippen LogP contribution in [0.5, 0.6) is 5.75 Å². The molecular formula is C12H16ClNO3. The van der Waals surface area contributed by atoms with Gasteiger partial charge in [0, 0.05) is 17.6 Å². The smallest absolute Gasteiger partial charge is 0.341 e. The molecule has 0 amide bonds. The first-order valence-corrected chi connectivity index (χ1v) is 6.00. The molecule has 3 N–H and O–H groups in total. The first-order valence-electron chi connectivity index (χ1n) is 5.46. The number of anilines is 1. The quantitative estimate of drug-likeness (QED) is 0.356. The minimum absolute atomic E-state index is 0.136. The summed E-state index contributed by atoms with van der Waals surface area (Å²) in [6.07, 6.45) is 2.60. The summed E-state index contributed by atoms with van der Waals surface area (Å²) in [5.41, 5.74) is 6.00. The second kappa shape index (κ2) is 7.01. The number of halogens is 1. The van der Waals surface area contributed by atoms with E-state index in [-0.39, 0.29) is 11.3 Å². The Labute approximate surface area is 105 Å². The number of carbonyl (C=O) groups excluding carboxylic acids is 1. The van der Waals surface area contributed by atoms with Gasteiger partial charge in [-0.1, -0.05) is 0 Å². The second-order valence-electron chi connectivity index (χ2n) is 3.66. The molecule has 0 aliphatic rings. The van der Waals surface area contributed by atoms with E-state index in [9.17, 15) is 9.90 Å². The predicted octanol–water partition coefficient (Wildman–Crippen LogP) is 2.54. The fraction of sp³-hybridized carbons (Fsp3) is 0.417. The highest BCUT2D eigenvalue weighted by molar-refractivity contribution is 6.17. The number of nitrogens with two attached hydrogens (primary N) is 1. The SMILES string of the molecule is Nc1ccc(C(=O)OCCCCCCl)c(O)c1. The molecule has 1 rings (SSSR count). The third-order valence-electron chi connectivity index (χ3n) is 2.25. The number of phenolic OH excluding ortho intramolecular Hbond substituents is 1. The molecule has 0 radical (unpaired) electrons. The molecule has 0 saturated heterocycles. The summed E-state index contributed by atoms with van der Waals surface area (Å²) in [7, 11) is 0. The van der Waals surface area contributed by atoms with Crippen LogP contribution in [0.15, 0.2) is 18.2 Å². The van der Waals surface area contributed by atoms with Crippen LogP contribution in [0.4, 0.5) is 5.69 Å². The number of hydrogen-bond donors (Lipinski definition) is 2. The van der Waals surface area contributed by atoms with Crippen molar-refractivity contribution >= 4 is 23.3 Å². The van der Waals surface area contributed by atoms with Crippen LogP contribution in [0.2, 0.25) is 0 Å². The van der Waals surface area contributed by atoms with Crippen molar-refractivity contribution in [3.8, 4) is 5.75 Å². The van der Waals surface area contributed by atoms with Crippen molar-refractivity contribution in [1.29, 1.82) is 0 Å². The molecule has 0 aliphatic carbocycles. The molecule has 0 unspecified atom stereocenters. The molecule has 0 aromatic heterocycles. The molecular weight excluding hydrogens is 242 g/mol. The predicted molar refractivity (Wildman–Crippen MR) is 67.4 cm³/mol. The third kappa shape index (κ3) is 4.53. The number of esters is 1. The van der Waals surface area contributed by atoms with Gasteiger partial charge in [-0.05, 0) is 31.4 Å². The first-order chi connectivity index (χ1) is 8.15. The lowest BCUT2D eigenvalue weighted by Gasteiger charge is -2.06. The van der Waals surface area contributed by atoms with Gasteiger partial charge in [-0.15, -0.1) is 11.6 Å². The van der Waals surface area contributed by atoms with E-state index in [1.54, 1.807) is 6.07 Å². The molecule has 0 fully saturated rings. The van der Waals surface area contributed by atoms with Crippen LogP contribution >= 0.6 is 11.6 Å². The van der Waals surface area contributed by atoms with Gasteiger partial charge < -0.3 is 15.6 Å². The molecule has 17 heavy (non-hydrogen) atoms. The Hall–Kier alpha value is -1.42. The van der Waals surface area contributed by atoms with Crippen LogP contribution in [0.1, 0.15) is 29.6 Å². The maximum atomic E-state index is 11.6. The fourth-order valence-electron chi connectivity index (χ4n) is 1.34. The van der Waals surface area contributed by atoms with Gasteiger partial charge >= 0.3 is 5.97 Å². The summed E-state index contributed by atoms with van der Waals surface area (Å²) in [6.45, 7) is 0.333. The zero-order valence-electron chi connectivity index (χ0n) is 9.49. The number of aromatic hydroxyl groups is 1. The van der Waals surface area contributed by atoms with E-state index >= 15 is 0 Å². The summed E-state index contributed by atoms with van der Waals surface area (Å²) in [6, 6.07) is 4.32. The standard InChI is InChI=1S/C12H16ClNO3/c13-6-2-1-3-7-17-12(16)10-5-4-9(14)8-11(10)15/h4-5,8,15H,1-3,6-7,14H2. The van der Waals surface area contributed by atoms with Gasteiger partial charge in [-0.2, -0.15) is 0 Å². The molecule has 0 bridgehead atoms. The fourth-order valence-corrected chi connectivity index (χ4v) is 1.53. The van der Waals surface area contributed by atoms with Gasteiger partial charge in [-0.3, -0.25) is 0 Å². The van der Waals surface area contributed by atoms with Crippen molar-refractivity contribution in [2.45, 2.75) is 19.3 Å². The Morgan fingerprint density at radius 2 is 2.12 bits per heavy atom. The van der Waals surface area contributed by atoms with Crippen LogP contribution < -0.4 is 5.73 Å². The van der Waals surface area contributed by atoms with Crippen molar-refractivity contribution in [3.63, 3.8) is 0 Å². The van der Waals surface area contributed by atoms with Crippen LogP contribution in [0, 0.1) is 0 Å². The van der Waals surface area contributed by atoms with Crippen LogP contribution in [-0.2, 0) is 4.74 Å². The maximum absolute atomic E-state index is 11.6. The Morgan fingerprint density at radius 1 is 1.35 bits per heavy atom. The molecule has 0 spiro atoms. The van der Waals surface area contributed by atoms with Gasteiger partial charge in [0.2, 0.25) is 0 Å². The molecule has 0 atom stereocenters. The van der Waals surface area contributed by atoms with E-state index in [0.717, 1.165) is 19.3 Å². The molecule has 4 nitrogen and oxygen atoms in total. The topological polar surface area (TPSA) is 72.6 Å². The van der Waals surface area contributed by atoms with Gasteiger partial charge in [-0.25, -0.2) is 4.79 Å². The van der Waals surface area contributed by atoms with Gasteiger partial charge in [0.25, 0.3) is 0 Å². The summed E-state index contributed by atoms with van der Waals surface area (Å²) < 4.78 is 5.01. The number of unbranched alkanes of at least 4 members (excludes halogenated alkanes) is 2. The van der Waals surface area contributed by atoms with E-state index in [4.69, 9.17) is 22.1 Å². The lowest BCUT2D eigenvalue weighted by Crippen LogP contribution is -2.07.